The molecule has 0 bridgehead atoms. The van der Waals surface area contributed by atoms with Crippen molar-refractivity contribution in [3.05, 3.63) is 41.8 Å². The van der Waals surface area contributed by atoms with Crippen molar-refractivity contribution in [1.82, 2.24) is 10.3 Å². The average molecular weight is 386 g/mol. The highest BCUT2D eigenvalue weighted by Gasteiger charge is 2.26. The van der Waals surface area contributed by atoms with Crippen LogP contribution in [0.1, 0.15) is 41.7 Å². The number of pyridine rings is 1. The summed E-state index contributed by atoms with van der Waals surface area (Å²) in [7, 11) is 0. The van der Waals surface area contributed by atoms with Crippen LogP contribution in [0.2, 0.25) is 0 Å². The minimum atomic E-state index is -0.0636. The molecule has 3 N–H and O–H groups in total. The number of rotatable bonds is 4. The van der Waals surface area contributed by atoms with Gasteiger partial charge in [0, 0.05) is 6.04 Å². The first-order chi connectivity index (χ1) is 11.2. The number of amides is 1. The van der Waals surface area contributed by atoms with Gasteiger partial charge in [0.1, 0.15) is 5.69 Å². The van der Waals surface area contributed by atoms with Crippen LogP contribution in [0.3, 0.4) is 0 Å². The first-order valence-corrected chi connectivity index (χ1v) is 8.21. The van der Waals surface area contributed by atoms with E-state index in [2.05, 4.69) is 10.3 Å². The summed E-state index contributed by atoms with van der Waals surface area (Å²) in [6.45, 7) is 2.47. The van der Waals surface area contributed by atoms with Gasteiger partial charge in [0.05, 0.1) is 17.5 Å². The molecule has 2 atom stereocenters. The summed E-state index contributed by atoms with van der Waals surface area (Å²) < 4.78 is 5.35. The quantitative estimate of drug-likeness (QED) is 0.839. The number of halogens is 2. The lowest BCUT2D eigenvalue weighted by Gasteiger charge is -2.31. The van der Waals surface area contributed by atoms with Gasteiger partial charge in [0.15, 0.2) is 5.76 Å². The fraction of sp³-hybridized carbons (Fsp3) is 0.444. The van der Waals surface area contributed by atoms with Gasteiger partial charge in [-0.25, -0.2) is 4.98 Å². The SMILES string of the molecule is Cc1nc(-c2ccco2)ccc1C(=O)NC1CCCCC1CN.Cl.Cl. The van der Waals surface area contributed by atoms with Crippen molar-refractivity contribution in [2.24, 2.45) is 11.7 Å². The molecule has 1 aliphatic rings. The van der Waals surface area contributed by atoms with Crippen LogP contribution in [0, 0.1) is 12.8 Å². The Morgan fingerprint density at radius 3 is 2.68 bits per heavy atom. The highest BCUT2D eigenvalue weighted by molar-refractivity contribution is 5.95. The van der Waals surface area contributed by atoms with Crippen LogP contribution >= 0.6 is 24.8 Å². The number of carbonyl (C=O) groups is 1. The van der Waals surface area contributed by atoms with Gasteiger partial charge < -0.3 is 15.5 Å². The number of hydrogen-bond donors (Lipinski definition) is 2. The molecule has 0 aromatic carbocycles. The van der Waals surface area contributed by atoms with Gasteiger partial charge in [-0.15, -0.1) is 24.8 Å². The molecule has 0 radical (unpaired) electrons. The van der Waals surface area contributed by atoms with E-state index in [0.717, 1.165) is 25.0 Å². The second kappa shape index (κ2) is 9.80. The molecule has 1 saturated carbocycles. The van der Waals surface area contributed by atoms with E-state index in [1.165, 1.54) is 6.42 Å². The topological polar surface area (TPSA) is 81.2 Å². The molecule has 138 valence electrons. The molecule has 0 aliphatic heterocycles. The molecule has 2 aromatic rings. The number of nitrogens with one attached hydrogen (secondary N) is 1. The van der Waals surface area contributed by atoms with Gasteiger partial charge in [-0.1, -0.05) is 12.8 Å². The lowest BCUT2D eigenvalue weighted by Crippen LogP contribution is -2.44. The van der Waals surface area contributed by atoms with Crippen LogP contribution in [-0.4, -0.2) is 23.5 Å². The van der Waals surface area contributed by atoms with Crippen molar-refractivity contribution in [2.75, 3.05) is 6.54 Å². The second-order valence-corrected chi connectivity index (χ2v) is 6.17. The molecule has 2 unspecified atom stereocenters. The zero-order valence-corrected chi connectivity index (χ0v) is 15.9. The van der Waals surface area contributed by atoms with Crippen LogP contribution in [0.5, 0.6) is 0 Å². The predicted octanol–water partition coefficient (Wildman–Crippen LogP) is 3.74. The number of furan rings is 1. The Morgan fingerprint density at radius 2 is 2.04 bits per heavy atom. The Hall–Kier alpha value is -1.56. The third kappa shape index (κ3) is 4.97. The Balaban J connectivity index is 0.00000156. The molecule has 0 spiro atoms. The lowest BCUT2D eigenvalue weighted by atomic mass is 9.84. The van der Waals surface area contributed by atoms with E-state index in [-0.39, 0.29) is 36.8 Å². The minimum absolute atomic E-state index is 0. The summed E-state index contributed by atoms with van der Waals surface area (Å²) in [4.78, 5) is 17.1. The van der Waals surface area contributed by atoms with E-state index in [1.807, 2.05) is 31.2 Å². The van der Waals surface area contributed by atoms with Gasteiger partial charge in [-0.2, -0.15) is 0 Å². The van der Waals surface area contributed by atoms with Crippen molar-refractivity contribution in [2.45, 2.75) is 38.6 Å². The summed E-state index contributed by atoms with van der Waals surface area (Å²) >= 11 is 0. The highest BCUT2D eigenvalue weighted by atomic mass is 35.5. The first-order valence-electron chi connectivity index (χ1n) is 8.21. The monoisotopic (exact) mass is 385 g/mol. The van der Waals surface area contributed by atoms with Crippen LogP contribution < -0.4 is 11.1 Å². The third-order valence-corrected chi connectivity index (χ3v) is 4.63. The molecule has 5 nitrogen and oxygen atoms in total. The molecule has 25 heavy (non-hydrogen) atoms. The summed E-state index contributed by atoms with van der Waals surface area (Å²) in [5.41, 5.74) is 7.89. The van der Waals surface area contributed by atoms with Crippen molar-refractivity contribution < 1.29 is 9.21 Å². The van der Waals surface area contributed by atoms with Gasteiger partial charge in [-0.3, -0.25) is 4.79 Å². The smallest absolute Gasteiger partial charge is 0.253 e. The van der Waals surface area contributed by atoms with E-state index < -0.39 is 0 Å². The van der Waals surface area contributed by atoms with Gasteiger partial charge in [-0.05, 0) is 56.5 Å². The van der Waals surface area contributed by atoms with Crippen molar-refractivity contribution in [3.8, 4) is 11.5 Å². The van der Waals surface area contributed by atoms with E-state index in [1.54, 1.807) is 6.26 Å². The molecule has 0 saturated heterocycles. The number of hydrogen-bond acceptors (Lipinski definition) is 4. The molecule has 1 aliphatic carbocycles. The second-order valence-electron chi connectivity index (χ2n) is 6.17. The summed E-state index contributed by atoms with van der Waals surface area (Å²) in [5, 5.41) is 3.15. The van der Waals surface area contributed by atoms with Crippen molar-refractivity contribution in [1.29, 1.82) is 0 Å². The fourth-order valence-corrected chi connectivity index (χ4v) is 3.29. The van der Waals surface area contributed by atoms with Crippen molar-refractivity contribution >= 4 is 30.7 Å². The Labute approximate surface area is 160 Å². The molecule has 7 heteroatoms. The molecular formula is C18H25Cl2N3O2. The predicted molar refractivity (Wildman–Crippen MR) is 103 cm³/mol. The molecule has 2 aromatic heterocycles. The Morgan fingerprint density at radius 1 is 1.28 bits per heavy atom. The molecule has 1 fully saturated rings. The third-order valence-electron chi connectivity index (χ3n) is 4.63. The average Bonchev–Trinajstić information content (AvgIpc) is 3.09. The molecule has 2 heterocycles. The summed E-state index contributed by atoms with van der Waals surface area (Å²) in [5.74, 6) is 1.02. The molecular weight excluding hydrogens is 361 g/mol. The maximum atomic E-state index is 12.6. The van der Waals surface area contributed by atoms with Crippen LogP contribution in [0.15, 0.2) is 34.9 Å². The highest BCUT2D eigenvalue weighted by Crippen LogP contribution is 2.24. The summed E-state index contributed by atoms with van der Waals surface area (Å²) in [6, 6.07) is 7.49. The largest absolute Gasteiger partial charge is 0.463 e. The maximum Gasteiger partial charge on any atom is 0.253 e. The zero-order chi connectivity index (χ0) is 16.2. The normalized spacial score (nSPS) is 19.4. The fourth-order valence-electron chi connectivity index (χ4n) is 3.29. The number of carbonyl (C=O) groups excluding carboxylic acids is 1. The van der Waals surface area contributed by atoms with Crippen LogP contribution in [0.4, 0.5) is 0 Å². The van der Waals surface area contributed by atoms with Gasteiger partial charge in [0.25, 0.3) is 5.91 Å². The van der Waals surface area contributed by atoms with E-state index in [4.69, 9.17) is 10.2 Å². The molecule has 1 amide bonds. The van der Waals surface area contributed by atoms with Crippen molar-refractivity contribution in [3.63, 3.8) is 0 Å². The number of nitrogens with two attached hydrogens (primary N) is 1. The maximum absolute atomic E-state index is 12.6. The minimum Gasteiger partial charge on any atom is -0.463 e. The van der Waals surface area contributed by atoms with Crippen LogP contribution in [-0.2, 0) is 0 Å². The number of aromatic nitrogens is 1. The standard InChI is InChI=1S/C18H23N3O2.2ClH/c1-12-14(8-9-16(20-12)17-7-4-10-23-17)18(22)21-15-6-3-2-5-13(15)11-19;;/h4,7-10,13,15H,2-3,5-6,11,19H2,1H3,(H,21,22);2*1H. The lowest BCUT2D eigenvalue weighted by molar-refractivity contribution is 0.0907. The molecule has 3 rings (SSSR count). The Kier molecular flexibility index (Phi) is 8.42. The van der Waals surface area contributed by atoms with E-state index in [9.17, 15) is 4.79 Å². The number of nitrogens with zero attached hydrogens (tertiary/aromatic N) is 1. The first kappa shape index (κ1) is 21.5. The number of aryl methyl sites for hydroxylation is 1. The van der Waals surface area contributed by atoms with E-state index in [0.29, 0.717) is 29.5 Å². The van der Waals surface area contributed by atoms with E-state index >= 15 is 0 Å². The Bertz CT molecular complexity index is 677. The summed E-state index contributed by atoms with van der Waals surface area (Å²) in [6.07, 6.45) is 6.06. The van der Waals surface area contributed by atoms with Gasteiger partial charge in [0.2, 0.25) is 0 Å². The van der Waals surface area contributed by atoms with Gasteiger partial charge >= 0.3 is 0 Å². The zero-order valence-electron chi connectivity index (χ0n) is 14.2. The van der Waals surface area contributed by atoms with Crippen LogP contribution in [0.25, 0.3) is 11.5 Å².